The van der Waals surface area contributed by atoms with Crippen LogP contribution in [0.3, 0.4) is 0 Å². The van der Waals surface area contributed by atoms with Gasteiger partial charge in [-0.3, -0.25) is 4.79 Å². The van der Waals surface area contributed by atoms with E-state index < -0.39 is 17.3 Å². The summed E-state index contributed by atoms with van der Waals surface area (Å²) < 4.78 is 5.75. The number of carbonyl (C=O) groups is 1. The number of carbonyl (C=O) groups excluding carboxylic acids is 1. The van der Waals surface area contributed by atoms with Crippen molar-refractivity contribution in [1.82, 2.24) is 0 Å². The summed E-state index contributed by atoms with van der Waals surface area (Å²) in [7, 11) is 1.25. The van der Waals surface area contributed by atoms with Gasteiger partial charge in [-0.2, -0.15) is 10.5 Å². The standard InChI is InChI=1S/C13H11IN2O2/c1-13(12(17)18-2,10(7-15)8-16)9-3-5-11(14)6-4-9/h3-6,10H,1-2H3. The van der Waals surface area contributed by atoms with Crippen molar-refractivity contribution in [2.75, 3.05) is 7.11 Å². The van der Waals surface area contributed by atoms with Crippen molar-refractivity contribution in [1.29, 1.82) is 10.5 Å². The molecule has 1 aromatic rings. The third kappa shape index (κ3) is 2.46. The van der Waals surface area contributed by atoms with Crippen LogP contribution in [0, 0.1) is 32.2 Å². The second-order valence-corrected chi connectivity index (χ2v) is 5.14. The quantitative estimate of drug-likeness (QED) is 0.617. The van der Waals surface area contributed by atoms with Crippen molar-refractivity contribution < 1.29 is 9.53 Å². The smallest absolute Gasteiger partial charge is 0.318 e. The topological polar surface area (TPSA) is 73.9 Å². The van der Waals surface area contributed by atoms with Gasteiger partial charge in [0, 0.05) is 3.57 Å². The van der Waals surface area contributed by atoms with Gasteiger partial charge in [0.25, 0.3) is 0 Å². The van der Waals surface area contributed by atoms with Crippen LogP contribution in [-0.4, -0.2) is 13.1 Å². The molecule has 0 bridgehead atoms. The molecule has 0 saturated heterocycles. The van der Waals surface area contributed by atoms with Gasteiger partial charge in [0.05, 0.1) is 19.2 Å². The first kappa shape index (κ1) is 14.5. The predicted molar refractivity (Wildman–Crippen MR) is 73.2 cm³/mol. The largest absolute Gasteiger partial charge is 0.468 e. The fourth-order valence-electron chi connectivity index (χ4n) is 1.70. The van der Waals surface area contributed by atoms with Crippen LogP contribution >= 0.6 is 22.6 Å². The van der Waals surface area contributed by atoms with Crippen molar-refractivity contribution >= 4 is 28.6 Å². The molecule has 92 valence electrons. The number of esters is 1. The fourth-order valence-corrected chi connectivity index (χ4v) is 2.06. The van der Waals surface area contributed by atoms with Gasteiger partial charge in [-0.05, 0) is 47.2 Å². The van der Waals surface area contributed by atoms with E-state index in [9.17, 15) is 4.79 Å². The summed E-state index contributed by atoms with van der Waals surface area (Å²) in [5, 5.41) is 18.1. The van der Waals surface area contributed by atoms with E-state index in [-0.39, 0.29) is 0 Å². The summed E-state index contributed by atoms with van der Waals surface area (Å²) in [4.78, 5) is 12.0. The first-order chi connectivity index (χ1) is 8.50. The zero-order valence-corrected chi connectivity index (χ0v) is 12.1. The van der Waals surface area contributed by atoms with Crippen molar-refractivity contribution in [2.45, 2.75) is 12.3 Å². The minimum atomic E-state index is -1.28. The fraction of sp³-hybridized carbons (Fsp3) is 0.308. The molecule has 0 saturated carbocycles. The number of nitriles is 2. The minimum absolute atomic E-state index is 0.586. The second kappa shape index (κ2) is 5.83. The molecule has 0 spiro atoms. The van der Waals surface area contributed by atoms with Gasteiger partial charge in [-0.1, -0.05) is 12.1 Å². The van der Waals surface area contributed by atoms with E-state index in [2.05, 4.69) is 22.6 Å². The van der Waals surface area contributed by atoms with Crippen LogP contribution in [0.2, 0.25) is 0 Å². The molecule has 1 unspecified atom stereocenters. The maximum atomic E-state index is 12.0. The van der Waals surface area contributed by atoms with Gasteiger partial charge in [-0.25, -0.2) is 0 Å². The molecule has 0 radical (unpaired) electrons. The molecule has 1 aromatic carbocycles. The molecule has 0 aliphatic rings. The monoisotopic (exact) mass is 354 g/mol. The van der Waals surface area contributed by atoms with Gasteiger partial charge in [0.15, 0.2) is 5.92 Å². The normalized spacial score (nSPS) is 13.2. The Kier molecular flexibility index (Phi) is 4.69. The maximum Gasteiger partial charge on any atom is 0.318 e. The third-order valence-corrected chi connectivity index (χ3v) is 3.61. The molecular formula is C13H11IN2O2. The molecular weight excluding hydrogens is 343 g/mol. The Morgan fingerprint density at radius 3 is 2.22 bits per heavy atom. The molecule has 0 aliphatic carbocycles. The maximum absolute atomic E-state index is 12.0. The molecule has 0 aliphatic heterocycles. The number of hydrogen-bond donors (Lipinski definition) is 0. The van der Waals surface area contributed by atoms with E-state index in [1.807, 2.05) is 24.3 Å². The Hall–Kier alpha value is -1.60. The second-order valence-electron chi connectivity index (χ2n) is 3.89. The summed E-state index contributed by atoms with van der Waals surface area (Å²) in [5.41, 5.74) is -0.675. The highest BCUT2D eigenvalue weighted by Gasteiger charge is 2.45. The number of rotatable bonds is 3. The van der Waals surface area contributed by atoms with Gasteiger partial charge >= 0.3 is 5.97 Å². The van der Waals surface area contributed by atoms with Crippen molar-refractivity contribution in [2.24, 2.45) is 5.92 Å². The third-order valence-electron chi connectivity index (χ3n) is 2.89. The number of methoxy groups -OCH3 is 1. The van der Waals surface area contributed by atoms with E-state index in [1.54, 1.807) is 19.1 Å². The lowest BCUT2D eigenvalue weighted by molar-refractivity contribution is -0.147. The van der Waals surface area contributed by atoms with Crippen LogP contribution in [0.1, 0.15) is 12.5 Å². The van der Waals surface area contributed by atoms with Crippen LogP contribution in [0.15, 0.2) is 24.3 Å². The minimum Gasteiger partial charge on any atom is -0.468 e. The number of hydrogen-bond acceptors (Lipinski definition) is 4. The molecule has 0 amide bonds. The lowest BCUT2D eigenvalue weighted by atomic mass is 9.73. The predicted octanol–water partition coefficient (Wildman–Crippen LogP) is 2.39. The van der Waals surface area contributed by atoms with E-state index in [0.29, 0.717) is 5.56 Å². The molecule has 0 aromatic heterocycles. The van der Waals surface area contributed by atoms with Gasteiger partial charge in [-0.15, -0.1) is 0 Å². The number of nitrogens with zero attached hydrogens (tertiary/aromatic N) is 2. The van der Waals surface area contributed by atoms with E-state index in [0.717, 1.165) is 3.57 Å². The van der Waals surface area contributed by atoms with Gasteiger partial charge in [0.2, 0.25) is 0 Å². The van der Waals surface area contributed by atoms with Gasteiger partial charge in [0.1, 0.15) is 5.41 Å². The zero-order chi connectivity index (χ0) is 13.8. The summed E-state index contributed by atoms with van der Waals surface area (Å²) in [6.45, 7) is 1.55. The Bertz CT molecular complexity index is 513. The summed E-state index contributed by atoms with van der Waals surface area (Å²) in [5.74, 6) is -1.68. The summed E-state index contributed by atoms with van der Waals surface area (Å²) in [6, 6.07) is 10.8. The highest BCUT2D eigenvalue weighted by molar-refractivity contribution is 14.1. The lowest BCUT2D eigenvalue weighted by Crippen LogP contribution is -2.40. The average Bonchev–Trinajstić information content (AvgIpc) is 2.39. The first-order valence-electron chi connectivity index (χ1n) is 5.14. The number of halogens is 1. The molecule has 0 N–H and O–H groups in total. The van der Waals surface area contributed by atoms with Crippen LogP contribution in [-0.2, 0) is 14.9 Å². The molecule has 0 fully saturated rings. The molecule has 0 heterocycles. The number of benzene rings is 1. The number of ether oxygens (including phenoxy) is 1. The SMILES string of the molecule is COC(=O)C(C)(c1ccc(I)cc1)C(C#N)C#N. The lowest BCUT2D eigenvalue weighted by Gasteiger charge is -2.27. The summed E-state index contributed by atoms with van der Waals surface area (Å²) in [6.07, 6.45) is 0. The van der Waals surface area contributed by atoms with E-state index in [1.165, 1.54) is 7.11 Å². The Balaban J connectivity index is 3.39. The van der Waals surface area contributed by atoms with E-state index >= 15 is 0 Å². The zero-order valence-electron chi connectivity index (χ0n) is 9.98. The molecule has 5 heteroatoms. The Morgan fingerprint density at radius 1 is 1.33 bits per heavy atom. The van der Waals surface area contributed by atoms with Crippen molar-refractivity contribution in [3.63, 3.8) is 0 Å². The van der Waals surface area contributed by atoms with Crippen molar-refractivity contribution in [3.05, 3.63) is 33.4 Å². The highest BCUT2D eigenvalue weighted by atomic mass is 127. The van der Waals surface area contributed by atoms with E-state index in [4.69, 9.17) is 15.3 Å². The average molecular weight is 354 g/mol. The van der Waals surface area contributed by atoms with Crippen LogP contribution < -0.4 is 0 Å². The molecule has 4 nitrogen and oxygen atoms in total. The van der Waals surface area contributed by atoms with Crippen LogP contribution in [0.25, 0.3) is 0 Å². The Morgan fingerprint density at radius 2 is 1.83 bits per heavy atom. The summed E-state index contributed by atoms with van der Waals surface area (Å²) >= 11 is 2.14. The van der Waals surface area contributed by atoms with Gasteiger partial charge < -0.3 is 4.74 Å². The first-order valence-corrected chi connectivity index (χ1v) is 6.22. The van der Waals surface area contributed by atoms with Crippen molar-refractivity contribution in [3.8, 4) is 12.1 Å². The molecule has 18 heavy (non-hydrogen) atoms. The highest BCUT2D eigenvalue weighted by Crippen LogP contribution is 2.33. The molecule has 1 atom stereocenters. The Labute approximate surface area is 119 Å². The van der Waals surface area contributed by atoms with Crippen LogP contribution in [0.5, 0.6) is 0 Å². The molecule has 1 rings (SSSR count). The van der Waals surface area contributed by atoms with Crippen LogP contribution in [0.4, 0.5) is 0 Å².